The topological polar surface area (TPSA) is 18.5 Å². The standard InChI is InChI=1S/C27H27BO2/c1-18-21-10-6-8-12-23(21)25(24-13-9-7-11-22(18)24)19-14-16-20(17-15-19)28-29-26(2,3)27(4,5)30-28/h6-17H,1-5H3. The Morgan fingerprint density at radius 1 is 0.600 bits per heavy atom. The summed E-state index contributed by atoms with van der Waals surface area (Å²) in [6.45, 7) is 10.6. The van der Waals surface area contributed by atoms with Crippen molar-refractivity contribution in [3.05, 3.63) is 78.4 Å². The van der Waals surface area contributed by atoms with Gasteiger partial charge in [0.1, 0.15) is 0 Å². The van der Waals surface area contributed by atoms with Crippen LogP contribution in [0.4, 0.5) is 0 Å². The van der Waals surface area contributed by atoms with Crippen molar-refractivity contribution >= 4 is 34.1 Å². The van der Waals surface area contributed by atoms with E-state index in [-0.39, 0.29) is 18.3 Å². The average Bonchev–Trinajstić information content (AvgIpc) is 2.96. The van der Waals surface area contributed by atoms with E-state index in [1.807, 2.05) is 0 Å². The molecule has 0 unspecified atom stereocenters. The second-order valence-corrected chi connectivity index (χ2v) is 9.30. The molecule has 2 nitrogen and oxygen atoms in total. The monoisotopic (exact) mass is 394 g/mol. The van der Waals surface area contributed by atoms with Crippen molar-refractivity contribution in [2.24, 2.45) is 0 Å². The van der Waals surface area contributed by atoms with Gasteiger partial charge in [-0.2, -0.15) is 0 Å². The van der Waals surface area contributed by atoms with E-state index in [1.54, 1.807) is 0 Å². The van der Waals surface area contributed by atoms with E-state index >= 15 is 0 Å². The third kappa shape index (κ3) is 2.88. The molecule has 3 heteroatoms. The van der Waals surface area contributed by atoms with Crippen molar-refractivity contribution in [2.75, 3.05) is 0 Å². The molecule has 4 aromatic carbocycles. The molecule has 1 heterocycles. The number of hydrogen-bond donors (Lipinski definition) is 0. The summed E-state index contributed by atoms with van der Waals surface area (Å²) in [6.07, 6.45) is 0. The summed E-state index contributed by atoms with van der Waals surface area (Å²) in [5, 5.41) is 5.19. The molecule has 0 radical (unpaired) electrons. The Morgan fingerprint density at radius 2 is 1.03 bits per heavy atom. The smallest absolute Gasteiger partial charge is 0.399 e. The first-order valence-electron chi connectivity index (χ1n) is 10.6. The molecule has 0 N–H and O–H groups in total. The maximum absolute atomic E-state index is 6.23. The molecule has 0 bridgehead atoms. The summed E-state index contributed by atoms with van der Waals surface area (Å²) >= 11 is 0. The van der Waals surface area contributed by atoms with E-state index in [2.05, 4.69) is 107 Å². The maximum atomic E-state index is 6.23. The Balaban J connectivity index is 1.64. The van der Waals surface area contributed by atoms with Gasteiger partial charge in [-0.05, 0) is 78.3 Å². The van der Waals surface area contributed by atoms with Crippen molar-refractivity contribution in [1.29, 1.82) is 0 Å². The zero-order valence-electron chi connectivity index (χ0n) is 18.3. The van der Waals surface area contributed by atoms with Crippen LogP contribution in [-0.2, 0) is 9.31 Å². The minimum atomic E-state index is -0.337. The number of benzene rings is 4. The van der Waals surface area contributed by atoms with Crippen LogP contribution in [0.25, 0.3) is 32.7 Å². The lowest BCUT2D eigenvalue weighted by atomic mass is 9.78. The highest BCUT2D eigenvalue weighted by molar-refractivity contribution is 6.62. The van der Waals surface area contributed by atoms with Gasteiger partial charge in [0.15, 0.2) is 0 Å². The lowest BCUT2D eigenvalue weighted by Gasteiger charge is -2.32. The Kier molecular flexibility index (Phi) is 4.32. The van der Waals surface area contributed by atoms with Crippen LogP contribution >= 0.6 is 0 Å². The van der Waals surface area contributed by atoms with Gasteiger partial charge in [-0.1, -0.05) is 72.8 Å². The fourth-order valence-electron chi connectivity index (χ4n) is 4.44. The van der Waals surface area contributed by atoms with Crippen LogP contribution in [0, 0.1) is 6.92 Å². The Labute approximate surface area is 179 Å². The highest BCUT2D eigenvalue weighted by atomic mass is 16.7. The van der Waals surface area contributed by atoms with Gasteiger partial charge in [0.05, 0.1) is 11.2 Å². The first-order valence-corrected chi connectivity index (χ1v) is 10.6. The summed E-state index contributed by atoms with van der Waals surface area (Å²) in [5.41, 5.74) is 4.21. The molecule has 150 valence electrons. The normalized spacial score (nSPS) is 17.7. The van der Waals surface area contributed by atoms with Gasteiger partial charge in [-0.15, -0.1) is 0 Å². The van der Waals surface area contributed by atoms with Gasteiger partial charge in [0.2, 0.25) is 0 Å². The molecule has 5 rings (SSSR count). The Bertz CT molecular complexity index is 1180. The van der Waals surface area contributed by atoms with Crippen LogP contribution in [0.2, 0.25) is 0 Å². The molecule has 30 heavy (non-hydrogen) atoms. The third-order valence-corrected chi connectivity index (χ3v) is 6.93. The number of hydrogen-bond acceptors (Lipinski definition) is 2. The highest BCUT2D eigenvalue weighted by Gasteiger charge is 2.51. The van der Waals surface area contributed by atoms with Gasteiger partial charge >= 0.3 is 7.12 Å². The van der Waals surface area contributed by atoms with Gasteiger partial charge in [-0.3, -0.25) is 0 Å². The van der Waals surface area contributed by atoms with E-state index in [9.17, 15) is 0 Å². The zero-order chi connectivity index (χ0) is 21.1. The SMILES string of the molecule is Cc1c2ccccc2c(-c2ccc(B3OC(C)(C)C(C)(C)O3)cc2)c2ccccc12. The van der Waals surface area contributed by atoms with Crippen molar-refractivity contribution in [1.82, 2.24) is 0 Å². The second kappa shape index (κ2) is 6.70. The number of fused-ring (bicyclic) bond motifs is 2. The number of aryl methyl sites for hydroxylation is 1. The molecule has 0 spiro atoms. The van der Waals surface area contributed by atoms with Crippen LogP contribution in [0.5, 0.6) is 0 Å². The van der Waals surface area contributed by atoms with Crippen LogP contribution in [0.1, 0.15) is 33.3 Å². The summed E-state index contributed by atoms with van der Waals surface area (Å²) < 4.78 is 12.5. The zero-order valence-corrected chi connectivity index (χ0v) is 18.3. The molecular formula is C27H27BO2. The predicted molar refractivity (Wildman–Crippen MR) is 127 cm³/mol. The summed E-state index contributed by atoms with van der Waals surface area (Å²) in [5.74, 6) is 0. The lowest BCUT2D eigenvalue weighted by molar-refractivity contribution is 0.00578. The molecule has 0 amide bonds. The highest BCUT2D eigenvalue weighted by Crippen LogP contribution is 2.39. The Morgan fingerprint density at radius 3 is 1.50 bits per heavy atom. The fraction of sp³-hybridized carbons (Fsp3) is 0.259. The summed E-state index contributed by atoms with van der Waals surface area (Å²) in [6, 6.07) is 26.1. The molecule has 1 aliphatic rings. The van der Waals surface area contributed by atoms with Gasteiger partial charge in [-0.25, -0.2) is 0 Å². The molecule has 1 fully saturated rings. The third-order valence-electron chi connectivity index (χ3n) is 6.93. The summed E-state index contributed by atoms with van der Waals surface area (Å²) in [7, 11) is -0.337. The van der Waals surface area contributed by atoms with Gasteiger partial charge < -0.3 is 9.31 Å². The summed E-state index contributed by atoms with van der Waals surface area (Å²) in [4.78, 5) is 0. The van der Waals surface area contributed by atoms with Crippen molar-refractivity contribution in [2.45, 2.75) is 45.8 Å². The lowest BCUT2D eigenvalue weighted by Crippen LogP contribution is -2.41. The van der Waals surface area contributed by atoms with Crippen molar-refractivity contribution in [3.8, 4) is 11.1 Å². The first kappa shape index (κ1) is 19.4. The van der Waals surface area contributed by atoms with Crippen LogP contribution in [-0.4, -0.2) is 18.3 Å². The predicted octanol–water partition coefficient (Wildman–Crippen LogP) is 6.27. The average molecular weight is 394 g/mol. The minimum Gasteiger partial charge on any atom is -0.399 e. The number of rotatable bonds is 2. The quantitative estimate of drug-likeness (QED) is 0.295. The fourth-order valence-corrected chi connectivity index (χ4v) is 4.44. The van der Waals surface area contributed by atoms with Crippen molar-refractivity contribution < 1.29 is 9.31 Å². The maximum Gasteiger partial charge on any atom is 0.494 e. The minimum absolute atomic E-state index is 0.334. The van der Waals surface area contributed by atoms with E-state index in [0.717, 1.165) is 5.46 Å². The molecular weight excluding hydrogens is 367 g/mol. The second-order valence-electron chi connectivity index (χ2n) is 9.30. The largest absolute Gasteiger partial charge is 0.494 e. The Hall–Kier alpha value is -2.62. The van der Waals surface area contributed by atoms with Gasteiger partial charge in [0, 0.05) is 0 Å². The molecule has 1 aliphatic heterocycles. The van der Waals surface area contributed by atoms with Gasteiger partial charge in [0.25, 0.3) is 0 Å². The van der Waals surface area contributed by atoms with Crippen LogP contribution in [0.15, 0.2) is 72.8 Å². The first-order chi connectivity index (χ1) is 14.3. The molecule has 1 saturated heterocycles. The van der Waals surface area contributed by atoms with Crippen LogP contribution < -0.4 is 5.46 Å². The molecule has 0 aromatic heterocycles. The van der Waals surface area contributed by atoms with E-state index < -0.39 is 0 Å². The molecule has 0 saturated carbocycles. The van der Waals surface area contributed by atoms with E-state index in [1.165, 1.54) is 38.2 Å². The molecule has 4 aromatic rings. The van der Waals surface area contributed by atoms with Crippen LogP contribution in [0.3, 0.4) is 0 Å². The van der Waals surface area contributed by atoms with E-state index in [0.29, 0.717) is 0 Å². The van der Waals surface area contributed by atoms with E-state index in [4.69, 9.17) is 9.31 Å². The molecule has 0 aliphatic carbocycles. The van der Waals surface area contributed by atoms with Crippen molar-refractivity contribution in [3.63, 3.8) is 0 Å². The molecule has 0 atom stereocenters.